The Morgan fingerprint density at radius 2 is 1.67 bits per heavy atom. The average Bonchev–Trinajstić information content (AvgIpc) is 2.77. The van der Waals surface area contributed by atoms with Gasteiger partial charge in [0.2, 0.25) is 0 Å². The largest absolute Gasteiger partial charge is 0.456 e. The molecule has 1 N–H and O–H groups in total. The minimum absolute atomic E-state index is 0.175. The third-order valence-corrected chi connectivity index (χ3v) is 5.50. The van der Waals surface area contributed by atoms with Crippen molar-refractivity contribution in [1.29, 1.82) is 0 Å². The molecule has 1 aliphatic rings. The summed E-state index contributed by atoms with van der Waals surface area (Å²) >= 11 is 3.19. The van der Waals surface area contributed by atoms with E-state index in [1.807, 2.05) is 0 Å². The zero-order valence-electron chi connectivity index (χ0n) is 20.0. The Kier molecular flexibility index (Phi) is 9.72. The number of hydrogen-bond acceptors (Lipinski definition) is 12. The van der Waals surface area contributed by atoms with Gasteiger partial charge in [-0.2, -0.15) is 0 Å². The Labute approximate surface area is 213 Å². The first-order chi connectivity index (χ1) is 16.8. The van der Waals surface area contributed by atoms with Crippen LogP contribution in [-0.2, 0) is 48.4 Å². The fourth-order valence-corrected chi connectivity index (χ4v) is 3.85. The maximum Gasteiger partial charge on any atom is 0.443 e. The predicted molar refractivity (Wildman–Crippen MR) is 123 cm³/mol. The number of nitro benzene ring substituents is 1. The molecule has 0 unspecified atom stereocenters. The molecule has 1 aromatic rings. The summed E-state index contributed by atoms with van der Waals surface area (Å²) in [6.45, 7) is 5.97. The summed E-state index contributed by atoms with van der Waals surface area (Å²) in [6.07, 6.45) is -6.40. The Hall–Kier alpha value is -3.30. The van der Waals surface area contributed by atoms with E-state index in [0.29, 0.717) is 10.9 Å². The molecule has 0 aromatic heterocycles. The lowest BCUT2D eigenvalue weighted by Gasteiger charge is -2.47. The molecule has 1 aliphatic heterocycles. The Bertz CT molecular complexity index is 1030. The van der Waals surface area contributed by atoms with E-state index >= 15 is 0 Å². The first kappa shape index (κ1) is 28.9. The lowest BCUT2D eigenvalue weighted by atomic mass is 9.93. The van der Waals surface area contributed by atoms with Crippen LogP contribution in [0.15, 0.2) is 18.2 Å². The Morgan fingerprint density at radius 1 is 1.08 bits per heavy atom. The van der Waals surface area contributed by atoms with Gasteiger partial charge in [0, 0.05) is 32.2 Å². The number of nitro groups is 1. The summed E-state index contributed by atoms with van der Waals surface area (Å²) in [7, 11) is 0. The standard InChI is InChI=1S/C21H25BrN2O12/c1-10-17(31-11(2)25)18(32-12(3)26)19(33-13(4)27)21(5,34-10)36-35-20(28)23-15-7-6-14(9-22)8-16(15)24(29)30/h6-8,10,17-19H,9H2,1-5H3,(H,23,28)/t10-,17-,18+,19-,21+/m1/s1. The zero-order valence-corrected chi connectivity index (χ0v) is 21.6. The fraction of sp³-hybridized carbons (Fsp3) is 0.524. The fourth-order valence-electron chi connectivity index (χ4n) is 3.50. The average molecular weight is 577 g/mol. The molecule has 0 saturated carbocycles. The summed E-state index contributed by atoms with van der Waals surface area (Å²) in [5.41, 5.74) is 0.0252. The van der Waals surface area contributed by atoms with E-state index in [9.17, 15) is 29.3 Å². The Morgan fingerprint density at radius 3 is 2.19 bits per heavy atom. The molecule has 0 radical (unpaired) electrons. The highest BCUT2D eigenvalue weighted by molar-refractivity contribution is 9.08. The maximum atomic E-state index is 12.4. The molecule has 14 nitrogen and oxygen atoms in total. The highest BCUT2D eigenvalue weighted by Crippen LogP contribution is 2.37. The molecular formula is C21H25BrN2O12. The third-order valence-electron chi connectivity index (χ3n) is 4.85. The van der Waals surface area contributed by atoms with Crippen LogP contribution in [0.1, 0.15) is 40.2 Å². The quantitative estimate of drug-likeness (QED) is 0.119. The van der Waals surface area contributed by atoms with Crippen LogP contribution in [0.2, 0.25) is 0 Å². The van der Waals surface area contributed by atoms with E-state index in [0.717, 1.165) is 20.8 Å². The van der Waals surface area contributed by atoms with Gasteiger partial charge in [-0.25, -0.2) is 4.79 Å². The van der Waals surface area contributed by atoms with Crippen LogP contribution in [0.3, 0.4) is 0 Å². The number of amides is 1. The minimum Gasteiger partial charge on any atom is -0.456 e. The number of nitrogens with zero attached hydrogens (tertiary/aromatic N) is 1. The molecule has 15 heteroatoms. The summed E-state index contributed by atoms with van der Waals surface area (Å²) < 4.78 is 21.4. The number of anilines is 1. The molecule has 5 atom stereocenters. The lowest BCUT2D eigenvalue weighted by molar-refractivity contribution is -0.445. The first-order valence-corrected chi connectivity index (χ1v) is 11.6. The van der Waals surface area contributed by atoms with Gasteiger partial charge in [0.25, 0.3) is 11.5 Å². The number of ether oxygens (including phenoxy) is 4. The molecule has 1 saturated heterocycles. The van der Waals surface area contributed by atoms with Crippen molar-refractivity contribution in [1.82, 2.24) is 0 Å². The van der Waals surface area contributed by atoms with Gasteiger partial charge < -0.3 is 18.9 Å². The van der Waals surface area contributed by atoms with Gasteiger partial charge in [0.05, 0.1) is 11.0 Å². The van der Waals surface area contributed by atoms with Crippen molar-refractivity contribution in [2.24, 2.45) is 0 Å². The number of halogens is 1. The normalized spacial score (nSPS) is 25.3. The van der Waals surface area contributed by atoms with E-state index in [-0.39, 0.29) is 5.69 Å². The van der Waals surface area contributed by atoms with Gasteiger partial charge in [-0.15, -0.1) is 4.89 Å². The minimum atomic E-state index is -2.05. The van der Waals surface area contributed by atoms with E-state index < -0.39 is 64.8 Å². The maximum absolute atomic E-state index is 12.4. The molecule has 1 fully saturated rings. The molecule has 0 spiro atoms. The number of benzene rings is 1. The third kappa shape index (κ3) is 7.35. The molecular weight excluding hydrogens is 552 g/mol. The van der Waals surface area contributed by atoms with Gasteiger partial charge in [-0.1, -0.05) is 22.0 Å². The van der Waals surface area contributed by atoms with Crippen LogP contribution in [0.25, 0.3) is 0 Å². The number of alkyl halides is 1. The van der Waals surface area contributed by atoms with Crippen LogP contribution in [0.5, 0.6) is 0 Å². The van der Waals surface area contributed by atoms with Crippen molar-refractivity contribution < 1.29 is 52.8 Å². The molecule has 0 aliphatic carbocycles. The van der Waals surface area contributed by atoms with Crippen molar-refractivity contribution in [2.75, 3.05) is 5.32 Å². The molecule has 198 valence electrons. The van der Waals surface area contributed by atoms with Gasteiger partial charge in [0.1, 0.15) is 5.69 Å². The Balaban J connectivity index is 2.28. The van der Waals surface area contributed by atoms with E-state index in [1.54, 1.807) is 6.07 Å². The molecule has 1 heterocycles. The number of hydrogen-bond donors (Lipinski definition) is 1. The predicted octanol–water partition coefficient (Wildman–Crippen LogP) is 2.90. The molecule has 36 heavy (non-hydrogen) atoms. The highest BCUT2D eigenvalue weighted by Gasteiger charge is 2.59. The number of rotatable bonds is 8. The molecule has 2 rings (SSSR count). The van der Waals surface area contributed by atoms with Crippen molar-refractivity contribution in [3.8, 4) is 0 Å². The monoisotopic (exact) mass is 576 g/mol. The number of carbonyl (C=O) groups is 4. The van der Waals surface area contributed by atoms with Crippen molar-refractivity contribution in [3.63, 3.8) is 0 Å². The zero-order chi connectivity index (χ0) is 27.2. The number of nitrogens with one attached hydrogen (secondary N) is 1. The highest BCUT2D eigenvalue weighted by atomic mass is 79.9. The SMILES string of the molecule is CC(=O)O[C@H]1[C@H](OC(C)=O)[C@@H](C)O[C@@](C)(OOC(=O)Nc2ccc(CBr)cc2[N+](=O)[O-])[C@@H]1OC(C)=O. The lowest BCUT2D eigenvalue weighted by Crippen LogP contribution is -2.66. The summed E-state index contributed by atoms with van der Waals surface area (Å²) in [5.74, 6) is -4.39. The van der Waals surface area contributed by atoms with E-state index in [2.05, 4.69) is 21.2 Å². The molecule has 1 amide bonds. The molecule has 1 aromatic carbocycles. The second kappa shape index (κ2) is 12.1. The summed E-state index contributed by atoms with van der Waals surface area (Å²) in [4.78, 5) is 68.2. The first-order valence-electron chi connectivity index (χ1n) is 10.5. The smallest absolute Gasteiger partial charge is 0.443 e. The summed E-state index contributed by atoms with van der Waals surface area (Å²) in [5, 5.41) is 13.9. The van der Waals surface area contributed by atoms with Crippen LogP contribution in [-0.4, -0.2) is 59.1 Å². The number of esters is 3. The van der Waals surface area contributed by atoms with Crippen LogP contribution in [0, 0.1) is 10.1 Å². The van der Waals surface area contributed by atoms with E-state index in [1.165, 1.54) is 26.0 Å². The summed E-state index contributed by atoms with van der Waals surface area (Å²) in [6, 6.07) is 4.11. The molecule has 0 bridgehead atoms. The second-order valence-electron chi connectivity index (χ2n) is 7.84. The van der Waals surface area contributed by atoms with Crippen LogP contribution >= 0.6 is 15.9 Å². The van der Waals surface area contributed by atoms with Crippen molar-refractivity contribution >= 4 is 51.3 Å². The van der Waals surface area contributed by atoms with E-state index in [4.69, 9.17) is 28.7 Å². The topological polar surface area (TPSA) is 179 Å². The van der Waals surface area contributed by atoms with Gasteiger partial charge in [0.15, 0.2) is 18.3 Å². The second-order valence-corrected chi connectivity index (χ2v) is 8.40. The van der Waals surface area contributed by atoms with Gasteiger partial charge in [-0.3, -0.25) is 34.7 Å². The van der Waals surface area contributed by atoms with Crippen LogP contribution < -0.4 is 5.32 Å². The van der Waals surface area contributed by atoms with Gasteiger partial charge in [-0.05, 0) is 25.5 Å². The van der Waals surface area contributed by atoms with Crippen molar-refractivity contribution in [2.45, 2.75) is 70.2 Å². The number of carbonyl (C=O) groups excluding carboxylic acids is 4. The van der Waals surface area contributed by atoms with Crippen molar-refractivity contribution in [3.05, 3.63) is 33.9 Å². The van der Waals surface area contributed by atoms with Gasteiger partial charge >= 0.3 is 24.0 Å². The van der Waals surface area contributed by atoms with Crippen LogP contribution in [0.4, 0.5) is 16.2 Å².